The lowest BCUT2D eigenvalue weighted by Crippen LogP contribution is -2.46. The second-order valence-electron chi connectivity index (χ2n) is 4.07. The van der Waals surface area contributed by atoms with Crippen LogP contribution in [-0.4, -0.2) is 36.0 Å². The quantitative estimate of drug-likeness (QED) is 0.612. The molecule has 3 nitrogen and oxygen atoms in total. The van der Waals surface area contributed by atoms with Crippen molar-refractivity contribution >= 4 is 17.7 Å². The van der Waals surface area contributed by atoms with Gasteiger partial charge >= 0.3 is 0 Å². The Bertz CT molecular complexity index is 188. The van der Waals surface area contributed by atoms with Crippen LogP contribution in [0.4, 0.5) is 0 Å². The Balaban J connectivity index is 3.67. The van der Waals surface area contributed by atoms with Gasteiger partial charge in [0.15, 0.2) is 0 Å². The molecule has 0 aromatic heterocycles. The molecule has 0 aromatic carbocycles. The first-order valence-electron chi connectivity index (χ1n) is 6.23. The van der Waals surface area contributed by atoms with E-state index < -0.39 is 0 Å². The van der Waals surface area contributed by atoms with Crippen molar-refractivity contribution < 1.29 is 4.79 Å². The molecule has 2 atom stereocenters. The summed E-state index contributed by atoms with van der Waals surface area (Å²) in [7, 11) is 0. The number of carbonyl (C=O) groups is 1. The zero-order chi connectivity index (χ0) is 12.4. The molecular weight excluding hydrogens is 220 g/mol. The third kappa shape index (κ3) is 7.99. The summed E-state index contributed by atoms with van der Waals surface area (Å²) in [5.41, 5.74) is 0. The van der Waals surface area contributed by atoms with Crippen LogP contribution in [0.1, 0.15) is 40.5 Å². The second kappa shape index (κ2) is 9.97. The van der Waals surface area contributed by atoms with Crippen molar-refractivity contribution in [3.05, 3.63) is 0 Å². The highest BCUT2D eigenvalue weighted by molar-refractivity contribution is 7.99. The Hall–Kier alpha value is -0.220. The Morgan fingerprint density at radius 2 is 2.00 bits per heavy atom. The predicted octanol–water partition coefficient (Wildman–Crippen LogP) is 2.02. The molecule has 2 unspecified atom stereocenters. The Morgan fingerprint density at radius 1 is 1.31 bits per heavy atom. The maximum Gasteiger partial charge on any atom is 0.236 e. The molecule has 0 aliphatic carbocycles. The third-order valence-corrected chi connectivity index (χ3v) is 3.31. The van der Waals surface area contributed by atoms with Crippen LogP contribution in [0.5, 0.6) is 0 Å². The molecule has 0 aromatic rings. The van der Waals surface area contributed by atoms with Crippen LogP contribution in [-0.2, 0) is 4.79 Å². The summed E-state index contributed by atoms with van der Waals surface area (Å²) < 4.78 is 0. The van der Waals surface area contributed by atoms with E-state index in [1.807, 2.05) is 18.7 Å². The molecule has 0 rings (SSSR count). The van der Waals surface area contributed by atoms with Gasteiger partial charge in [-0.05, 0) is 38.2 Å². The zero-order valence-electron chi connectivity index (χ0n) is 11.0. The smallest absolute Gasteiger partial charge is 0.236 e. The van der Waals surface area contributed by atoms with Gasteiger partial charge in [0, 0.05) is 12.6 Å². The second-order valence-corrected chi connectivity index (χ2v) is 5.46. The van der Waals surface area contributed by atoms with Gasteiger partial charge in [0.1, 0.15) is 0 Å². The summed E-state index contributed by atoms with van der Waals surface area (Å²) in [6.07, 6.45) is 2.10. The maximum atomic E-state index is 11.6. The number of nitrogens with one attached hydrogen (secondary N) is 2. The number of thioether (sulfide) groups is 1. The minimum absolute atomic E-state index is 0.0897. The van der Waals surface area contributed by atoms with Crippen LogP contribution < -0.4 is 10.6 Å². The largest absolute Gasteiger partial charge is 0.355 e. The van der Waals surface area contributed by atoms with Gasteiger partial charge < -0.3 is 10.6 Å². The van der Waals surface area contributed by atoms with E-state index in [0.29, 0.717) is 6.04 Å². The highest BCUT2D eigenvalue weighted by Crippen LogP contribution is 2.04. The lowest BCUT2D eigenvalue weighted by atomic mass is 10.2. The van der Waals surface area contributed by atoms with Gasteiger partial charge in [-0.2, -0.15) is 11.8 Å². The molecule has 2 N–H and O–H groups in total. The monoisotopic (exact) mass is 246 g/mol. The lowest BCUT2D eigenvalue weighted by molar-refractivity contribution is -0.122. The van der Waals surface area contributed by atoms with Crippen LogP contribution in [0.25, 0.3) is 0 Å². The number of rotatable bonds is 9. The molecule has 96 valence electrons. The Kier molecular flexibility index (Phi) is 9.83. The summed E-state index contributed by atoms with van der Waals surface area (Å²) in [4.78, 5) is 11.6. The van der Waals surface area contributed by atoms with Gasteiger partial charge in [-0.3, -0.25) is 4.79 Å². The van der Waals surface area contributed by atoms with Crippen molar-refractivity contribution in [3.63, 3.8) is 0 Å². The molecule has 0 spiro atoms. The topological polar surface area (TPSA) is 41.1 Å². The first kappa shape index (κ1) is 15.8. The normalized spacial score (nSPS) is 14.5. The Morgan fingerprint density at radius 3 is 2.56 bits per heavy atom. The number of hydrogen-bond donors (Lipinski definition) is 2. The van der Waals surface area contributed by atoms with E-state index in [-0.39, 0.29) is 11.9 Å². The molecular formula is C12H26N2OS. The van der Waals surface area contributed by atoms with E-state index in [4.69, 9.17) is 0 Å². The van der Waals surface area contributed by atoms with Crippen LogP contribution in [0.3, 0.4) is 0 Å². The summed E-state index contributed by atoms with van der Waals surface area (Å²) in [5.74, 6) is 2.43. The summed E-state index contributed by atoms with van der Waals surface area (Å²) in [6, 6.07) is 0.314. The van der Waals surface area contributed by atoms with E-state index >= 15 is 0 Å². The SMILES string of the molecule is CCCNC(=O)C(C)NC(C)CCSCC. The standard InChI is InChI=1S/C12H26N2OS/c1-5-8-13-12(15)11(4)14-10(3)7-9-16-6-2/h10-11,14H,5-9H2,1-4H3,(H,13,15). The molecule has 0 saturated carbocycles. The molecule has 0 saturated heterocycles. The molecule has 16 heavy (non-hydrogen) atoms. The fraction of sp³-hybridized carbons (Fsp3) is 0.917. The number of amides is 1. The van der Waals surface area contributed by atoms with Gasteiger partial charge in [-0.1, -0.05) is 13.8 Å². The molecule has 1 amide bonds. The summed E-state index contributed by atoms with van der Waals surface area (Å²) in [6.45, 7) is 9.06. The molecule has 0 aliphatic heterocycles. The highest BCUT2D eigenvalue weighted by Gasteiger charge is 2.13. The van der Waals surface area contributed by atoms with Crippen LogP contribution >= 0.6 is 11.8 Å². The zero-order valence-corrected chi connectivity index (χ0v) is 11.8. The number of carbonyl (C=O) groups excluding carboxylic acids is 1. The lowest BCUT2D eigenvalue weighted by Gasteiger charge is -2.19. The molecule has 0 fully saturated rings. The molecule has 4 heteroatoms. The summed E-state index contributed by atoms with van der Waals surface area (Å²) in [5, 5.41) is 6.22. The fourth-order valence-corrected chi connectivity index (χ4v) is 2.20. The van der Waals surface area contributed by atoms with E-state index in [1.165, 1.54) is 5.75 Å². The summed E-state index contributed by atoms with van der Waals surface area (Å²) >= 11 is 1.95. The predicted molar refractivity (Wildman–Crippen MR) is 73.0 cm³/mol. The van der Waals surface area contributed by atoms with Crippen LogP contribution in [0, 0.1) is 0 Å². The fourth-order valence-electron chi connectivity index (χ4n) is 1.39. The molecule has 0 aliphatic rings. The minimum Gasteiger partial charge on any atom is -0.355 e. The molecule has 0 heterocycles. The maximum absolute atomic E-state index is 11.6. The van der Waals surface area contributed by atoms with Crippen LogP contribution in [0.15, 0.2) is 0 Å². The van der Waals surface area contributed by atoms with Crippen molar-refractivity contribution in [3.8, 4) is 0 Å². The van der Waals surface area contributed by atoms with E-state index in [9.17, 15) is 4.79 Å². The molecule has 0 bridgehead atoms. The van der Waals surface area contributed by atoms with Gasteiger partial charge in [-0.15, -0.1) is 0 Å². The molecule has 0 radical (unpaired) electrons. The van der Waals surface area contributed by atoms with Crippen molar-refractivity contribution in [2.45, 2.75) is 52.6 Å². The third-order valence-electron chi connectivity index (χ3n) is 2.38. The average molecular weight is 246 g/mol. The van der Waals surface area contributed by atoms with Gasteiger partial charge in [0.2, 0.25) is 5.91 Å². The first-order valence-corrected chi connectivity index (χ1v) is 7.38. The first-order chi connectivity index (χ1) is 7.61. The van der Waals surface area contributed by atoms with E-state index in [0.717, 1.165) is 25.1 Å². The van der Waals surface area contributed by atoms with E-state index in [2.05, 4.69) is 31.4 Å². The van der Waals surface area contributed by atoms with E-state index in [1.54, 1.807) is 0 Å². The Labute approximate surface area is 104 Å². The number of hydrogen-bond acceptors (Lipinski definition) is 3. The van der Waals surface area contributed by atoms with Crippen molar-refractivity contribution in [2.75, 3.05) is 18.1 Å². The highest BCUT2D eigenvalue weighted by atomic mass is 32.2. The van der Waals surface area contributed by atoms with Gasteiger partial charge in [0.25, 0.3) is 0 Å². The van der Waals surface area contributed by atoms with Crippen LogP contribution in [0.2, 0.25) is 0 Å². The van der Waals surface area contributed by atoms with Gasteiger partial charge in [-0.25, -0.2) is 0 Å². The van der Waals surface area contributed by atoms with Gasteiger partial charge in [0.05, 0.1) is 6.04 Å². The van der Waals surface area contributed by atoms with Crippen molar-refractivity contribution in [1.29, 1.82) is 0 Å². The minimum atomic E-state index is -0.0897. The van der Waals surface area contributed by atoms with Crippen molar-refractivity contribution in [2.24, 2.45) is 0 Å². The van der Waals surface area contributed by atoms with Crippen molar-refractivity contribution in [1.82, 2.24) is 10.6 Å². The average Bonchev–Trinajstić information content (AvgIpc) is 2.26.